The van der Waals surface area contributed by atoms with Crippen LogP contribution < -0.4 is 5.73 Å². The van der Waals surface area contributed by atoms with Crippen LogP contribution in [0.5, 0.6) is 0 Å². The Labute approximate surface area is 102 Å². The molecule has 2 aliphatic rings. The Hall–Kier alpha value is -0.650. The molecular weight excluding hydrogens is 220 g/mol. The molecule has 2 rings (SSSR count). The molecule has 5 heteroatoms. The van der Waals surface area contributed by atoms with Gasteiger partial charge in [-0.1, -0.05) is 6.92 Å². The van der Waals surface area contributed by atoms with Gasteiger partial charge in [0.1, 0.15) is 0 Å². The molecule has 1 aliphatic heterocycles. The number of morpholine rings is 1. The van der Waals surface area contributed by atoms with E-state index in [0.29, 0.717) is 32.2 Å². The molecule has 2 fully saturated rings. The summed E-state index contributed by atoms with van der Waals surface area (Å²) in [4.78, 5) is 14.3. The van der Waals surface area contributed by atoms with E-state index in [1.807, 2.05) is 4.90 Å². The summed E-state index contributed by atoms with van der Waals surface area (Å²) in [6.07, 6.45) is 1.55. The van der Waals surface area contributed by atoms with Crippen molar-refractivity contribution in [3.63, 3.8) is 0 Å². The maximum Gasteiger partial charge on any atom is 0.230 e. The summed E-state index contributed by atoms with van der Waals surface area (Å²) in [5, 5.41) is 9.08. The van der Waals surface area contributed by atoms with Gasteiger partial charge in [-0.3, -0.25) is 4.79 Å². The summed E-state index contributed by atoms with van der Waals surface area (Å²) < 4.78 is 5.35. The van der Waals surface area contributed by atoms with Crippen LogP contribution in [-0.4, -0.2) is 54.9 Å². The van der Waals surface area contributed by atoms with Crippen LogP contribution >= 0.6 is 0 Å². The Bertz CT molecular complexity index is 289. The van der Waals surface area contributed by atoms with Crippen LogP contribution in [0.1, 0.15) is 19.8 Å². The molecule has 0 aromatic heterocycles. The summed E-state index contributed by atoms with van der Waals surface area (Å²) in [5.74, 6) is 0.747. The second-order valence-corrected chi connectivity index (χ2v) is 5.42. The average molecular weight is 242 g/mol. The first-order valence-corrected chi connectivity index (χ1v) is 6.33. The molecule has 98 valence electrons. The SMILES string of the molecule is CC1CC(CN)(C(=O)N2CCOC(CO)C2)C1. The monoisotopic (exact) mass is 242 g/mol. The fourth-order valence-electron chi connectivity index (χ4n) is 3.05. The maximum absolute atomic E-state index is 12.4. The maximum atomic E-state index is 12.4. The van der Waals surface area contributed by atoms with Crippen molar-refractivity contribution in [2.75, 3.05) is 32.8 Å². The fourth-order valence-corrected chi connectivity index (χ4v) is 3.05. The Morgan fingerprint density at radius 3 is 2.82 bits per heavy atom. The molecule has 1 saturated heterocycles. The Morgan fingerprint density at radius 2 is 2.29 bits per heavy atom. The van der Waals surface area contributed by atoms with Crippen molar-refractivity contribution in [1.82, 2.24) is 4.90 Å². The molecule has 1 saturated carbocycles. The molecular formula is C12H22N2O3. The van der Waals surface area contributed by atoms with Crippen LogP contribution in [0.3, 0.4) is 0 Å². The van der Waals surface area contributed by atoms with Crippen molar-refractivity contribution >= 4 is 5.91 Å². The number of rotatable bonds is 3. The minimum Gasteiger partial charge on any atom is -0.394 e. The first-order chi connectivity index (χ1) is 8.11. The van der Waals surface area contributed by atoms with Crippen LogP contribution in [0, 0.1) is 11.3 Å². The molecule has 1 amide bonds. The molecule has 1 aliphatic carbocycles. The van der Waals surface area contributed by atoms with Gasteiger partial charge in [-0.15, -0.1) is 0 Å². The third-order valence-corrected chi connectivity index (χ3v) is 3.95. The normalized spacial score (nSPS) is 37.7. The first kappa shape index (κ1) is 12.8. The van der Waals surface area contributed by atoms with E-state index in [2.05, 4.69) is 6.92 Å². The van der Waals surface area contributed by atoms with Gasteiger partial charge in [0, 0.05) is 19.6 Å². The summed E-state index contributed by atoms with van der Waals surface area (Å²) >= 11 is 0. The van der Waals surface area contributed by atoms with Crippen LogP contribution in [0.4, 0.5) is 0 Å². The highest BCUT2D eigenvalue weighted by Gasteiger charge is 2.49. The van der Waals surface area contributed by atoms with E-state index in [4.69, 9.17) is 15.6 Å². The third kappa shape index (κ3) is 2.32. The van der Waals surface area contributed by atoms with Gasteiger partial charge >= 0.3 is 0 Å². The summed E-state index contributed by atoms with van der Waals surface area (Å²) in [5.41, 5.74) is 5.44. The summed E-state index contributed by atoms with van der Waals surface area (Å²) in [6, 6.07) is 0. The molecule has 0 radical (unpaired) electrons. The number of amides is 1. The number of hydrogen-bond donors (Lipinski definition) is 2. The van der Waals surface area contributed by atoms with E-state index >= 15 is 0 Å². The number of aliphatic hydroxyl groups is 1. The topological polar surface area (TPSA) is 75.8 Å². The van der Waals surface area contributed by atoms with Gasteiger partial charge in [-0.05, 0) is 18.8 Å². The van der Waals surface area contributed by atoms with Crippen LogP contribution in [0.15, 0.2) is 0 Å². The molecule has 1 unspecified atom stereocenters. The lowest BCUT2D eigenvalue weighted by atomic mass is 9.61. The predicted molar refractivity (Wildman–Crippen MR) is 63.3 cm³/mol. The second kappa shape index (κ2) is 4.92. The van der Waals surface area contributed by atoms with Crippen LogP contribution in [-0.2, 0) is 9.53 Å². The zero-order chi connectivity index (χ0) is 12.5. The number of aliphatic hydroxyl groups excluding tert-OH is 1. The smallest absolute Gasteiger partial charge is 0.230 e. The first-order valence-electron chi connectivity index (χ1n) is 6.33. The molecule has 5 nitrogen and oxygen atoms in total. The third-order valence-electron chi connectivity index (χ3n) is 3.95. The van der Waals surface area contributed by atoms with E-state index in [9.17, 15) is 4.79 Å². The largest absolute Gasteiger partial charge is 0.394 e. The Morgan fingerprint density at radius 1 is 1.59 bits per heavy atom. The highest BCUT2D eigenvalue weighted by molar-refractivity contribution is 5.84. The minimum atomic E-state index is -0.337. The van der Waals surface area contributed by atoms with Gasteiger partial charge in [-0.25, -0.2) is 0 Å². The van der Waals surface area contributed by atoms with E-state index in [-0.39, 0.29) is 24.0 Å². The lowest BCUT2D eigenvalue weighted by Gasteiger charge is -2.48. The van der Waals surface area contributed by atoms with Gasteiger partial charge in [0.05, 0.1) is 24.7 Å². The zero-order valence-corrected chi connectivity index (χ0v) is 10.4. The molecule has 17 heavy (non-hydrogen) atoms. The highest BCUT2D eigenvalue weighted by atomic mass is 16.5. The van der Waals surface area contributed by atoms with Crippen molar-refractivity contribution in [3.05, 3.63) is 0 Å². The number of nitrogens with two attached hydrogens (primary N) is 1. The van der Waals surface area contributed by atoms with Crippen molar-refractivity contribution in [2.45, 2.75) is 25.9 Å². The lowest BCUT2D eigenvalue weighted by Crippen LogP contribution is -2.58. The Balaban J connectivity index is 1.99. The molecule has 0 spiro atoms. The minimum absolute atomic E-state index is 0.0319. The lowest BCUT2D eigenvalue weighted by molar-refractivity contribution is -0.158. The number of hydrogen-bond acceptors (Lipinski definition) is 4. The fraction of sp³-hybridized carbons (Fsp3) is 0.917. The van der Waals surface area contributed by atoms with E-state index in [0.717, 1.165) is 12.8 Å². The van der Waals surface area contributed by atoms with Gasteiger partial charge in [0.15, 0.2) is 0 Å². The van der Waals surface area contributed by atoms with Crippen LogP contribution in [0.25, 0.3) is 0 Å². The number of ether oxygens (including phenoxy) is 1. The molecule has 0 bridgehead atoms. The highest BCUT2D eigenvalue weighted by Crippen LogP contribution is 2.46. The summed E-state index contributed by atoms with van der Waals surface area (Å²) in [6.45, 7) is 4.16. The van der Waals surface area contributed by atoms with E-state index < -0.39 is 0 Å². The zero-order valence-electron chi connectivity index (χ0n) is 10.4. The number of carbonyl (C=O) groups is 1. The second-order valence-electron chi connectivity index (χ2n) is 5.42. The van der Waals surface area contributed by atoms with E-state index in [1.54, 1.807) is 0 Å². The van der Waals surface area contributed by atoms with Crippen molar-refractivity contribution in [1.29, 1.82) is 0 Å². The Kier molecular flexibility index (Phi) is 3.70. The number of carbonyl (C=O) groups excluding carboxylic acids is 1. The molecule has 0 aromatic carbocycles. The average Bonchev–Trinajstić information content (AvgIpc) is 2.34. The molecule has 0 aromatic rings. The van der Waals surface area contributed by atoms with E-state index in [1.165, 1.54) is 0 Å². The van der Waals surface area contributed by atoms with Crippen molar-refractivity contribution < 1.29 is 14.6 Å². The van der Waals surface area contributed by atoms with Gasteiger partial charge < -0.3 is 20.5 Å². The van der Waals surface area contributed by atoms with Gasteiger partial charge in [0.2, 0.25) is 5.91 Å². The van der Waals surface area contributed by atoms with Crippen molar-refractivity contribution in [2.24, 2.45) is 17.1 Å². The predicted octanol–water partition coefficient (Wildman–Crippen LogP) is -0.419. The summed E-state index contributed by atoms with van der Waals surface area (Å²) in [7, 11) is 0. The van der Waals surface area contributed by atoms with Gasteiger partial charge in [-0.2, -0.15) is 0 Å². The van der Waals surface area contributed by atoms with Crippen molar-refractivity contribution in [3.8, 4) is 0 Å². The quantitative estimate of drug-likeness (QED) is 0.705. The molecule has 1 atom stereocenters. The molecule has 1 heterocycles. The number of nitrogens with zero attached hydrogens (tertiary/aromatic N) is 1. The molecule has 3 N–H and O–H groups in total. The standard InChI is InChI=1S/C12H22N2O3/c1-9-4-12(5-9,8-13)11(16)14-2-3-17-10(6-14)7-15/h9-10,15H,2-8,13H2,1H3. The van der Waals surface area contributed by atoms with Gasteiger partial charge in [0.25, 0.3) is 0 Å². The van der Waals surface area contributed by atoms with Crippen LogP contribution in [0.2, 0.25) is 0 Å².